The van der Waals surface area contributed by atoms with E-state index >= 15 is 0 Å². The van der Waals surface area contributed by atoms with E-state index in [1.165, 1.54) is 16.7 Å². The Labute approximate surface area is 162 Å². The lowest BCUT2D eigenvalue weighted by atomic mass is 10.1. The van der Waals surface area contributed by atoms with Gasteiger partial charge in [-0.25, -0.2) is 0 Å². The molecule has 1 atom stereocenters. The predicted molar refractivity (Wildman–Crippen MR) is 107 cm³/mol. The number of amides is 2. The van der Waals surface area contributed by atoms with Crippen LogP contribution in [0.15, 0.2) is 59.1 Å². The monoisotopic (exact) mass is 377 g/mol. The van der Waals surface area contributed by atoms with Crippen molar-refractivity contribution in [2.75, 3.05) is 4.90 Å². The Morgan fingerprint density at radius 2 is 1.67 bits per heavy atom. The third-order valence-corrected chi connectivity index (χ3v) is 5.62. The van der Waals surface area contributed by atoms with Gasteiger partial charge in [0.2, 0.25) is 5.91 Å². The van der Waals surface area contributed by atoms with Crippen LogP contribution >= 0.6 is 11.8 Å². The van der Waals surface area contributed by atoms with Gasteiger partial charge in [-0.3, -0.25) is 14.5 Å². The van der Waals surface area contributed by atoms with Crippen LogP contribution in [-0.4, -0.2) is 17.1 Å². The summed E-state index contributed by atoms with van der Waals surface area (Å²) in [5.41, 5.74) is 9.02. The molecule has 0 saturated carbocycles. The maximum absolute atomic E-state index is 13.1. The topological polar surface area (TPSA) is 87.2 Å². The lowest BCUT2D eigenvalue weighted by Gasteiger charge is -2.18. The van der Waals surface area contributed by atoms with E-state index < -0.39 is 11.2 Å². The maximum Gasteiger partial charge on any atom is 0.262 e. The standard InChI is InChI=1S/C21H19N3O2S/c1-13-3-7-15(8-4-13)11-18-20(26)24(16-9-5-14(2)6-10-16)21(27-18)17(12-22)19(23)25/h3-10,18H,11H2,1-2H3,(H2,23,25)/b21-17+/t18-/m0/s1. The minimum absolute atomic E-state index is 0.159. The van der Waals surface area contributed by atoms with Crippen LogP contribution in [0, 0.1) is 25.2 Å². The lowest BCUT2D eigenvalue weighted by Crippen LogP contribution is -2.31. The van der Waals surface area contributed by atoms with Crippen LogP contribution in [0.2, 0.25) is 0 Å². The van der Waals surface area contributed by atoms with Gasteiger partial charge in [0.25, 0.3) is 5.91 Å². The number of nitrogens with two attached hydrogens (primary N) is 1. The van der Waals surface area contributed by atoms with Gasteiger partial charge in [-0.2, -0.15) is 5.26 Å². The van der Waals surface area contributed by atoms with E-state index in [4.69, 9.17) is 5.73 Å². The average Bonchev–Trinajstić information content (AvgIpc) is 2.94. The number of benzene rings is 2. The number of anilines is 1. The molecule has 2 aromatic rings. The summed E-state index contributed by atoms with van der Waals surface area (Å²) < 4.78 is 0. The highest BCUT2D eigenvalue weighted by atomic mass is 32.2. The molecule has 0 aromatic heterocycles. The van der Waals surface area contributed by atoms with Crippen molar-refractivity contribution >= 4 is 29.3 Å². The maximum atomic E-state index is 13.1. The summed E-state index contributed by atoms with van der Waals surface area (Å²) in [5.74, 6) is -0.991. The predicted octanol–water partition coefficient (Wildman–Crippen LogP) is 3.22. The second-order valence-electron chi connectivity index (χ2n) is 6.46. The number of hydrogen-bond donors (Lipinski definition) is 1. The van der Waals surface area contributed by atoms with Crippen LogP contribution in [0.5, 0.6) is 0 Å². The molecule has 27 heavy (non-hydrogen) atoms. The van der Waals surface area contributed by atoms with Crippen LogP contribution in [-0.2, 0) is 16.0 Å². The Morgan fingerprint density at radius 1 is 1.11 bits per heavy atom. The fraction of sp³-hybridized carbons (Fsp3) is 0.190. The molecule has 1 heterocycles. The SMILES string of the molecule is Cc1ccc(C[C@@H]2S/C(=C(\C#N)C(N)=O)N(c3ccc(C)cc3)C2=O)cc1. The van der Waals surface area contributed by atoms with E-state index in [-0.39, 0.29) is 11.5 Å². The first-order valence-corrected chi connectivity index (χ1v) is 9.35. The number of hydrogen-bond acceptors (Lipinski definition) is 4. The number of primary amides is 1. The second-order valence-corrected chi connectivity index (χ2v) is 7.65. The van der Waals surface area contributed by atoms with E-state index in [0.29, 0.717) is 17.1 Å². The first kappa shape index (κ1) is 18.7. The fourth-order valence-corrected chi connectivity index (χ4v) is 4.18. The van der Waals surface area contributed by atoms with E-state index in [9.17, 15) is 14.9 Å². The molecular weight excluding hydrogens is 358 g/mol. The molecule has 2 amide bonds. The van der Waals surface area contributed by atoms with Gasteiger partial charge in [0.1, 0.15) is 16.7 Å². The number of nitriles is 1. The van der Waals surface area contributed by atoms with Crippen molar-refractivity contribution in [3.8, 4) is 6.07 Å². The van der Waals surface area contributed by atoms with Crippen LogP contribution in [0.1, 0.15) is 16.7 Å². The van der Waals surface area contributed by atoms with Gasteiger partial charge in [-0.1, -0.05) is 59.3 Å². The molecule has 0 radical (unpaired) electrons. The first-order chi connectivity index (χ1) is 12.9. The van der Waals surface area contributed by atoms with Crippen LogP contribution < -0.4 is 10.6 Å². The number of carbonyl (C=O) groups excluding carboxylic acids is 2. The largest absolute Gasteiger partial charge is 0.365 e. The van der Waals surface area contributed by atoms with Gasteiger partial charge >= 0.3 is 0 Å². The van der Waals surface area contributed by atoms with Gasteiger partial charge in [-0.05, 0) is 38.0 Å². The zero-order valence-electron chi connectivity index (χ0n) is 15.1. The summed E-state index contributed by atoms with van der Waals surface area (Å²) in [6.07, 6.45) is 0.507. The molecule has 2 aromatic carbocycles. The summed E-state index contributed by atoms with van der Waals surface area (Å²) in [6.45, 7) is 3.96. The zero-order chi connectivity index (χ0) is 19.6. The Morgan fingerprint density at radius 3 is 2.19 bits per heavy atom. The zero-order valence-corrected chi connectivity index (χ0v) is 15.9. The lowest BCUT2D eigenvalue weighted by molar-refractivity contribution is -0.117. The highest BCUT2D eigenvalue weighted by molar-refractivity contribution is 8.05. The molecule has 1 fully saturated rings. The minimum Gasteiger partial charge on any atom is -0.365 e. The quantitative estimate of drug-likeness (QED) is 0.655. The Balaban J connectivity index is 2.01. The molecule has 1 saturated heterocycles. The van der Waals surface area contributed by atoms with Crippen molar-refractivity contribution in [2.24, 2.45) is 5.73 Å². The van der Waals surface area contributed by atoms with Crippen molar-refractivity contribution in [2.45, 2.75) is 25.5 Å². The molecule has 0 aliphatic carbocycles. The number of rotatable bonds is 4. The van der Waals surface area contributed by atoms with Crippen molar-refractivity contribution < 1.29 is 9.59 Å². The summed E-state index contributed by atoms with van der Waals surface area (Å²) in [6, 6.07) is 17.2. The number of nitrogens with zero attached hydrogens (tertiary/aromatic N) is 2. The molecule has 6 heteroatoms. The van der Waals surface area contributed by atoms with E-state index in [1.807, 2.05) is 56.3 Å². The summed E-state index contributed by atoms with van der Waals surface area (Å²) in [7, 11) is 0. The molecule has 2 N–H and O–H groups in total. The molecule has 1 aliphatic heterocycles. The van der Waals surface area contributed by atoms with Crippen LogP contribution in [0.25, 0.3) is 0 Å². The summed E-state index contributed by atoms with van der Waals surface area (Å²) >= 11 is 1.22. The van der Waals surface area contributed by atoms with E-state index in [1.54, 1.807) is 12.1 Å². The van der Waals surface area contributed by atoms with Gasteiger partial charge in [-0.15, -0.1) is 0 Å². The molecule has 1 aliphatic rings. The Bertz CT molecular complexity index is 956. The highest BCUT2D eigenvalue weighted by Crippen LogP contribution is 2.41. The first-order valence-electron chi connectivity index (χ1n) is 8.47. The molecule has 0 spiro atoms. The van der Waals surface area contributed by atoms with Gasteiger partial charge in [0, 0.05) is 5.69 Å². The number of carbonyl (C=O) groups is 2. The summed E-state index contributed by atoms with van der Waals surface area (Å²) in [5, 5.41) is 9.28. The van der Waals surface area contributed by atoms with Gasteiger partial charge in [0.15, 0.2) is 0 Å². The fourth-order valence-electron chi connectivity index (χ4n) is 2.87. The third-order valence-electron chi connectivity index (χ3n) is 4.36. The van der Waals surface area contributed by atoms with Gasteiger partial charge < -0.3 is 5.73 Å². The number of aryl methyl sites for hydroxylation is 2. The molecule has 136 valence electrons. The Kier molecular flexibility index (Phi) is 5.33. The second kappa shape index (κ2) is 7.68. The van der Waals surface area contributed by atoms with Crippen LogP contribution in [0.4, 0.5) is 5.69 Å². The van der Waals surface area contributed by atoms with Crippen molar-refractivity contribution in [3.63, 3.8) is 0 Å². The average molecular weight is 377 g/mol. The van der Waals surface area contributed by atoms with E-state index in [0.717, 1.165) is 16.7 Å². The highest BCUT2D eigenvalue weighted by Gasteiger charge is 2.40. The normalized spacial score (nSPS) is 18.3. The third kappa shape index (κ3) is 3.88. The number of thioether (sulfide) groups is 1. The van der Waals surface area contributed by atoms with Crippen molar-refractivity contribution in [1.29, 1.82) is 5.26 Å². The summed E-state index contributed by atoms with van der Waals surface area (Å²) in [4.78, 5) is 26.3. The van der Waals surface area contributed by atoms with Crippen molar-refractivity contribution in [3.05, 3.63) is 75.8 Å². The van der Waals surface area contributed by atoms with Crippen LogP contribution in [0.3, 0.4) is 0 Å². The van der Waals surface area contributed by atoms with E-state index in [2.05, 4.69) is 0 Å². The Hall–Kier alpha value is -3.04. The molecule has 0 bridgehead atoms. The molecular formula is C21H19N3O2S. The smallest absolute Gasteiger partial charge is 0.262 e. The van der Waals surface area contributed by atoms with Crippen molar-refractivity contribution in [1.82, 2.24) is 0 Å². The molecule has 0 unspecified atom stereocenters. The molecule has 3 rings (SSSR count). The minimum atomic E-state index is -0.833. The molecule has 5 nitrogen and oxygen atoms in total. The van der Waals surface area contributed by atoms with Gasteiger partial charge in [0.05, 0.1) is 5.25 Å².